The van der Waals surface area contributed by atoms with Crippen LogP contribution in [0.3, 0.4) is 0 Å². The third kappa shape index (κ3) is 4.37. The van der Waals surface area contributed by atoms with Gasteiger partial charge in [0.1, 0.15) is 0 Å². The van der Waals surface area contributed by atoms with Crippen LogP contribution in [-0.4, -0.2) is 42.8 Å². The summed E-state index contributed by atoms with van der Waals surface area (Å²) >= 11 is 1.70. The Morgan fingerprint density at radius 1 is 1.31 bits per heavy atom. The molecule has 0 spiro atoms. The summed E-state index contributed by atoms with van der Waals surface area (Å²) in [6.07, 6.45) is 0. The van der Waals surface area contributed by atoms with E-state index < -0.39 is 0 Å². The van der Waals surface area contributed by atoms with Crippen LogP contribution < -0.4 is 0 Å². The van der Waals surface area contributed by atoms with Gasteiger partial charge in [-0.15, -0.1) is 0 Å². The minimum atomic E-state index is 0.238. The molecule has 1 aromatic carbocycles. The van der Waals surface area contributed by atoms with Crippen LogP contribution >= 0.6 is 11.8 Å². The van der Waals surface area contributed by atoms with Crippen LogP contribution in [0.5, 0.6) is 0 Å². The van der Waals surface area contributed by atoms with E-state index in [0.29, 0.717) is 5.75 Å². The molecule has 0 aliphatic rings. The Kier molecular flexibility index (Phi) is 5.56. The van der Waals surface area contributed by atoms with E-state index in [0.717, 1.165) is 23.4 Å². The molecule has 0 aliphatic carbocycles. The Balaban J connectivity index is 2.39. The van der Waals surface area contributed by atoms with Gasteiger partial charge in [0, 0.05) is 17.9 Å². The van der Waals surface area contributed by atoms with Crippen molar-refractivity contribution in [1.82, 2.24) is 4.90 Å². The molecule has 0 aliphatic heterocycles. The van der Waals surface area contributed by atoms with Crippen LogP contribution in [-0.2, 0) is 0 Å². The summed E-state index contributed by atoms with van der Waals surface area (Å²) in [5.41, 5.74) is 1.93. The summed E-state index contributed by atoms with van der Waals surface area (Å²) < 4.78 is 0. The molecular formula is C13H19NOS. The lowest BCUT2D eigenvalue weighted by Gasteiger charge is -2.08. The van der Waals surface area contributed by atoms with Crippen molar-refractivity contribution in [3.63, 3.8) is 0 Å². The van der Waals surface area contributed by atoms with E-state index >= 15 is 0 Å². The maximum atomic E-state index is 11.9. The Labute approximate surface area is 102 Å². The van der Waals surface area contributed by atoms with Gasteiger partial charge in [-0.2, -0.15) is 11.8 Å². The zero-order valence-electron chi connectivity index (χ0n) is 10.2. The number of nitrogens with zero attached hydrogens (tertiary/aromatic N) is 1. The number of aryl methyl sites for hydroxylation is 1. The first kappa shape index (κ1) is 13.3. The highest BCUT2D eigenvalue weighted by atomic mass is 32.2. The van der Waals surface area contributed by atoms with Gasteiger partial charge in [-0.25, -0.2) is 0 Å². The molecule has 0 atom stereocenters. The van der Waals surface area contributed by atoms with Crippen molar-refractivity contribution < 1.29 is 4.79 Å². The molecule has 0 N–H and O–H groups in total. The normalized spacial score (nSPS) is 10.8. The molecule has 0 radical (unpaired) electrons. The second-order valence-electron chi connectivity index (χ2n) is 4.09. The Morgan fingerprint density at radius 2 is 2.00 bits per heavy atom. The largest absolute Gasteiger partial charge is 0.309 e. The second kappa shape index (κ2) is 6.71. The number of carbonyl (C=O) groups excluding carboxylic acids is 1. The van der Waals surface area contributed by atoms with Crippen molar-refractivity contribution in [2.75, 3.05) is 32.1 Å². The molecule has 2 nitrogen and oxygen atoms in total. The molecule has 0 bridgehead atoms. The van der Waals surface area contributed by atoms with Crippen molar-refractivity contribution in [3.8, 4) is 0 Å². The molecule has 88 valence electrons. The number of ketones is 1. The first-order valence-electron chi connectivity index (χ1n) is 5.42. The van der Waals surface area contributed by atoms with E-state index in [4.69, 9.17) is 0 Å². The van der Waals surface area contributed by atoms with Gasteiger partial charge >= 0.3 is 0 Å². The molecular weight excluding hydrogens is 218 g/mol. The SMILES string of the molecule is Cc1ccccc1C(=O)CSCCN(C)C. The minimum absolute atomic E-state index is 0.238. The fraction of sp³-hybridized carbons (Fsp3) is 0.462. The summed E-state index contributed by atoms with van der Waals surface area (Å²) in [6.45, 7) is 3.00. The van der Waals surface area contributed by atoms with E-state index in [1.807, 2.05) is 45.3 Å². The number of hydrogen-bond acceptors (Lipinski definition) is 3. The lowest BCUT2D eigenvalue weighted by molar-refractivity contribution is 0.102. The van der Waals surface area contributed by atoms with E-state index in [1.165, 1.54) is 0 Å². The number of Topliss-reactive ketones (excluding diaryl/α,β-unsaturated/α-hetero) is 1. The molecule has 0 saturated heterocycles. The first-order valence-corrected chi connectivity index (χ1v) is 6.58. The number of hydrogen-bond donors (Lipinski definition) is 0. The molecule has 0 fully saturated rings. The Bertz CT molecular complexity index is 350. The van der Waals surface area contributed by atoms with E-state index in [9.17, 15) is 4.79 Å². The van der Waals surface area contributed by atoms with Gasteiger partial charge in [-0.05, 0) is 26.6 Å². The molecule has 0 heterocycles. The third-order valence-corrected chi connectivity index (χ3v) is 3.30. The Hall–Kier alpha value is -0.800. The highest BCUT2D eigenvalue weighted by molar-refractivity contribution is 8.00. The number of thioether (sulfide) groups is 1. The maximum Gasteiger partial charge on any atom is 0.172 e. The van der Waals surface area contributed by atoms with Gasteiger partial charge in [-0.3, -0.25) is 4.79 Å². The van der Waals surface area contributed by atoms with Gasteiger partial charge in [0.15, 0.2) is 5.78 Å². The summed E-state index contributed by atoms with van der Waals surface area (Å²) in [6, 6.07) is 7.78. The van der Waals surface area contributed by atoms with Gasteiger partial charge in [-0.1, -0.05) is 24.3 Å². The molecule has 0 unspecified atom stereocenters. The molecule has 1 aromatic rings. The van der Waals surface area contributed by atoms with E-state index in [-0.39, 0.29) is 5.78 Å². The summed E-state index contributed by atoms with van der Waals surface area (Å²) in [7, 11) is 4.09. The highest BCUT2D eigenvalue weighted by Crippen LogP contribution is 2.11. The van der Waals surface area contributed by atoms with Crippen LogP contribution in [0.4, 0.5) is 0 Å². The number of rotatable bonds is 6. The zero-order valence-corrected chi connectivity index (χ0v) is 11.0. The average Bonchev–Trinajstić information content (AvgIpc) is 2.24. The smallest absolute Gasteiger partial charge is 0.172 e. The molecule has 0 aromatic heterocycles. The predicted octanol–water partition coefficient (Wildman–Crippen LogP) is 2.47. The van der Waals surface area contributed by atoms with Crippen molar-refractivity contribution in [1.29, 1.82) is 0 Å². The summed E-state index contributed by atoms with van der Waals surface area (Å²) in [5.74, 6) is 1.82. The van der Waals surface area contributed by atoms with Crippen LogP contribution in [0.1, 0.15) is 15.9 Å². The maximum absolute atomic E-state index is 11.9. The van der Waals surface area contributed by atoms with Crippen LogP contribution in [0.2, 0.25) is 0 Å². The summed E-state index contributed by atoms with van der Waals surface area (Å²) in [5, 5.41) is 0. The van der Waals surface area contributed by atoms with Crippen LogP contribution in [0.25, 0.3) is 0 Å². The van der Waals surface area contributed by atoms with Crippen LogP contribution in [0, 0.1) is 6.92 Å². The van der Waals surface area contributed by atoms with Gasteiger partial charge in [0.2, 0.25) is 0 Å². The molecule has 16 heavy (non-hydrogen) atoms. The highest BCUT2D eigenvalue weighted by Gasteiger charge is 2.07. The average molecular weight is 237 g/mol. The van der Waals surface area contributed by atoms with Crippen molar-refractivity contribution in [2.24, 2.45) is 0 Å². The molecule has 0 amide bonds. The Morgan fingerprint density at radius 3 is 2.62 bits per heavy atom. The zero-order chi connectivity index (χ0) is 12.0. The van der Waals surface area contributed by atoms with Crippen LogP contribution in [0.15, 0.2) is 24.3 Å². The lowest BCUT2D eigenvalue weighted by Crippen LogP contribution is -2.16. The fourth-order valence-corrected chi connectivity index (χ4v) is 2.35. The summed E-state index contributed by atoms with van der Waals surface area (Å²) in [4.78, 5) is 14.0. The quantitative estimate of drug-likeness (QED) is 0.560. The van der Waals surface area contributed by atoms with Crippen molar-refractivity contribution in [2.45, 2.75) is 6.92 Å². The molecule has 3 heteroatoms. The number of benzene rings is 1. The fourth-order valence-electron chi connectivity index (χ4n) is 1.38. The first-order chi connectivity index (χ1) is 7.61. The number of carbonyl (C=O) groups is 1. The monoisotopic (exact) mass is 237 g/mol. The second-order valence-corrected chi connectivity index (χ2v) is 5.20. The predicted molar refractivity (Wildman–Crippen MR) is 71.4 cm³/mol. The standard InChI is InChI=1S/C13H19NOS/c1-11-6-4-5-7-12(11)13(15)10-16-9-8-14(2)3/h4-7H,8-10H2,1-3H3. The topological polar surface area (TPSA) is 20.3 Å². The van der Waals surface area contributed by atoms with Crippen molar-refractivity contribution >= 4 is 17.5 Å². The van der Waals surface area contributed by atoms with Gasteiger partial charge in [0.05, 0.1) is 5.75 Å². The van der Waals surface area contributed by atoms with Crippen molar-refractivity contribution in [3.05, 3.63) is 35.4 Å². The molecule has 1 rings (SSSR count). The third-order valence-electron chi connectivity index (χ3n) is 2.36. The van der Waals surface area contributed by atoms with Gasteiger partial charge < -0.3 is 4.90 Å². The van der Waals surface area contributed by atoms with E-state index in [1.54, 1.807) is 11.8 Å². The van der Waals surface area contributed by atoms with Gasteiger partial charge in [0.25, 0.3) is 0 Å². The van der Waals surface area contributed by atoms with E-state index in [2.05, 4.69) is 4.90 Å². The molecule has 0 saturated carbocycles. The minimum Gasteiger partial charge on any atom is -0.309 e. The lowest BCUT2D eigenvalue weighted by atomic mass is 10.1.